The first kappa shape index (κ1) is 15.2. The van der Waals surface area contributed by atoms with Gasteiger partial charge in [-0.15, -0.1) is 0 Å². The second-order valence-corrected chi connectivity index (χ2v) is 4.74. The Morgan fingerprint density at radius 3 is 2.72 bits per heavy atom. The van der Waals surface area contributed by atoms with E-state index in [0.29, 0.717) is 32.3 Å². The van der Waals surface area contributed by atoms with Crippen molar-refractivity contribution in [2.75, 3.05) is 26.2 Å². The molecule has 1 fully saturated rings. The molecule has 6 heteroatoms. The van der Waals surface area contributed by atoms with Gasteiger partial charge in [-0.3, -0.25) is 0 Å². The van der Waals surface area contributed by atoms with Crippen LogP contribution >= 0.6 is 0 Å². The lowest BCUT2D eigenvalue weighted by molar-refractivity contribution is -0.0228. The Balaban J connectivity index is 1.93. The summed E-state index contributed by atoms with van der Waals surface area (Å²) in [6.07, 6.45) is 5.82. The van der Waals surface area contributed by atoms with Crippen LogP contribution in [0.15, 0.2) is 0 Å². The molecule has 18 heavy (non-hydrogen) atoms. The van der Waals surface area contributed by atoms with Gasteiger partial charge in [0.1, 0.15) is 0 Å². The van der Waals surface area contributed by atoms with Gasteiger partial charge in [0.05, 0.1) is 18.8 Å². The summed E-state index contributed by atoms with van der Waals surface area (Å²) in [5, 5.41) is 15.2. The Hall–Kier alpha value is -0.850. The Bertz CT molecular complexity index is 233. The van der Waals surface area contributed by atoms with Crippen molar-refractivity contribution in [2.45, 2.75) is 44.3 Å². The van der Waals surface area contributed by atoms with E-state index < -0.39 is 12.1 Å². The molecule has 1 aliphatic carbocycles. The standard InChI is InChI=1S/C12H25N3O3/c13-12(17)15-7-6-14-8-10(16)9-18-11-4-2-1-3-5-11/h10-11,14,16H,1-9H2,(H3,13,15,17). The summed E-state index contributed by atoms with van der Waals surface area (Å²) in [4.78, 5) is 10.4. The number of rotatable bonds is 8. The number of hydrogen-bond acceptors (Lipinski definition) is 4. The van der Waals surface area contributed by atoms with Crippen molar-refractivity contribution in [3.63, 3.8) is 0 Å². The summed E-state index contributed by atoms with van der Waals surface area (Å²) in [6.45, 7) is 1.89. The first-order valence-electron chi connectivity index (χ1n) is 6.72. The quantitative estimate of drug-likeness (QED) is 0.460. The molecule has 1 rings (SSSR count). The molecule has 5 N–H and O–H groups in total. The number of primary amides is 1. The number of hydrogen-bond donors (Lipinski definition) is 4. The van der Waals surface area contributed by atoms with E-state index in [-0.39, 0.29) is 0 Å². The lowest BCUT2D eigenvalue weighted by Gasteiger charge is -2.23. The van der Waals surface area contributed by atoms with Gasteiger partial charge in [-0.1, -0.05) is 19.3 Å². The summed E-state index contributed by atoms with van der Waals surface area (Å²) in [5.74, 6) is 0. The van der Waals surface area contributed by atoms with E-state index in [1.807, 2.05) is 0 Å². The van der Waals surface area contributed by atoms with Crippen molar-refractivity contribution >= 4 is 6.03 Å². The Labute approximate surface area is 108 Å². The largest absolute Gasteiger partial charge is 0.389 e. The van der Waals surface area contributed by atoms with Gasteiger partial charge < -0.3 is 26.2 Å². The molecule has 0 heterocycles. The average molecular weight is 259 g/mol. The van der Waals surface area contributed by atoms with Crippen molar-refractivity contribution in [1.29, 1.82) is 0 Å². The molecule has 0 spiro atoms. The molecule has 0 saturated heterocycles. The van der Waals surface area contributed by atoms with Crippen LogP contribution in [0.5, 0.6) is 0 Å². The molecule has 1 atom stereocenters. The van der Waals surface area contributed by atoms with Gasteiger partial charge in [-0.05, 0) is 12.8 Å². The minimum Gasteiger partial charge on any atom is -0.389 e. The highest BCUT2D eigenvalue weighted by Gasteiger charge is 2.15. The molecule has 2 amide bonds. The van der Waals surface area contributed by atoms with Crippen molar-refractivity contribution < 1.29 is 14.6 Å². The topological polar surface area (TPSA) is 96.6 Å². The number of nitrogens with one attached hydrogen (secondary N) is 2. The molecule has 1 saturated carbocycles. The van der Waals surface area contributed by atoms with Crippen LogP contribution in [-0.4, -0.2) is 49.6 Å². The maximum absolute atomic E-state index is 10.4. The molecule has 6 nitrogen and oxygen atoms in total. The number of carbonyl (C=O) groups excluding carboxylic acids is 1. The first-order chi connectivity index (χ1) is 8.68. The maximum Gasteiger partial charge on any atom is 0.312 e. The fourth-order valence-corrected chi connectivity index (χ4v) is 2.08. The Kier molecular flexibility index (Phi) is 7.71. The number of urea groups is 1. The van der Waals surface area contributed by atoms with Crippen molar-refractivity contribution in [3.05, 3.63) is 0 Å². The molecular formula is C12H25N3O3. The van der Waals surface area contributed by atoms with Crippen LogP contribution in [-0.2, 0) is 4.74 Å². The highest BCUT2D eigenvalue weighted by Crippen LogP contribution is 2.20. The summed E-state index contributed by atoms with van der Waals surface area (Å²) in [6, 6.07) is -0.530. The second kappa shape index (κ2) is 9.13. The summed E-state index contributed by atoms with van der Waals surface area (Å²) >= 11 is 0. The van der Waals surface area contributed by atoms with E-state index in [1.165, 1.54) is 19.3 Å². The predicted octanol–water partition coefficient (Wildman–Crippen LogP) is -0.0455. The highest BCUT2D eigenvalue weighted by molar-refractivity contribution is 5.71. The molecular weight excluding hydrogens is 234 g/mol. The van der Waals surface area contributed by atoms with Gasteiger partial charge in [0, 0.05) is 19.6 Å². The maximum atomic E-state index is 10.4. The summed E-state index contributed by atoms with van der Waals surface area (Å²) in [5.41, 5.74) is 4.92. The molecule has 1 unspecified atom stereocenters. The highest BCUT2D eigenvalue weighted by atomic mass is 16.5. The number of nitrogens with two attached hydrogens (primary N) is 1. The normalized spacial score (nSPS) is 18.5. The van der Waals surface area contributed by atoms with E-state index in [1.54, 1.807) is 0 Å². The summed E-state index contributed by atoms with van der Waals surface area (Å²) < 4.78 is 5.66. The van der Waals surface area contributed by atoms with Crippen LogP contribution in [0.25, 0.3) is 0 Å². The molecule has 0 aromatic carbocycles. The smallest absolute Gasteiger partial charge is 0.312 e. The van der Waals surface area contributed by atoms with E-state index in [2.05, 4.69) is 10.6 Å². The minimum absolute atomic E-state index is 0.324. The molecule has 0 aliphatic heterocycles. The third kappa shape index (κ3) is 7.47. The number of carbonyl (C=O) groups is 1. The zero-order valence-corrected chi connectivity index (χ0v) is 10.9. The molecule has 0 bridgehead atoms. The second-order valence-electron chi connectivity index (χ2n) is 4.74. The van der Waals surface area contributed by atoms with Gasteiger partial charge in [-0.2, -0.15) is 0 Å². The Morgan fingerprint density at radius 1 is 1.33 bits per heavy atom. The number of aliphatic hydroxyl groups is 1. The number of ether oxygens (including phenoxy) is 1. The van der Waals surface area contributed by atoms with E-state index in [9.17, 15) is 9.90 Å². The van der Waals surface area contributed by atoms with Gasteiger partial charge >= 0.3 is 6.03 Å². The van der Waals surface area contributed by atoms with Gasteiger partial charge in [0.25, 0.3) is 0 Å². The van der Waals surface area contributed by atoms with E-state index >= 15 is 0 Å². The molecule has 1 aliphatic rings. The molecule has 0 radical (unpaired) electrons. The third-order valence-corrected chi connectivity index (χ3v) is 3.06. The summed E-state index contributed by atoms with van der Waals surface area (Å²) in [7, 11) is 0. The zero-order valence-electron chi connectivity index (χ0n) is 10.9. The van der Waals surface area contributed by atoms with Gasteiger partial charge in [0.15, 0.2) is 0 Å². The third-order valence-electron chi connectivity index (χ3n) is 3.06. The van der Waals surface area contributed by atoms with E-state index in [0.717, 1.165) is 12.8 Å². The monoisotopic (exact) mass is 259 g/mol. The van der Waals surface area contributed by atoms with Crippen LogP contribution in [0.3, 0.4) is 0 Å². The van der Waals surface area contributed by atoms with Crippen molar-refractivity contribution in [3.8, 4) is 0 Å². The fourth-order valence-electron chi connectivity index (χ4n) is 2.08. The van der Waals surface area contributed by atoms with Gasteiger partial charge in [0.2, 0.25) is 0 Å². The van der Waals surface area contributed by atoms with E-state index in [4.69, 9.17) is 10.5 Å². The predicted molar refractivity (Wildman–Crippen MR) is 69.3 cm³/mol. The lowest BCUT2D eigenvalue weighted by Crippen LogP contribution is -2.38. The van der Waals surface area contributed by atoms with Crippen LogP contribution in [0.4, 0.5) is 4.79 Å². The van der Waals surface area contributed by atoms with Crippen LogP contribution < -0.4 is 16.4 Å². The lowest BCUT2D eigenvalue weighted by atomic mass is 9.98. The van der Waals surface area contributed by atoms with Crippen molar-refractivity contribution in [1.82, 2.24) is 10.6 Å². The average Bonchev–Trinajstić information content (AvgIpc) is 2.37. The number of aliphatic hydroxyl groups excluding tert-OH is 1. The zero-order chi connectivity index (χ0) is 13.2. The van der Waals surface area contributed by atoms with Crippen LogP contribution in [0.2, 0.25) is 0 Å². The van der Waals surface area contributed by atoms with Crippen LogP contribution in [0.1, 0.15) is 32.1 Å². The fraction of sp³-hybridized carbons (Fsp3) is 0.917. The molecule has 106 valence electrons. The number of amides is 2. The Morgan fingerprint density at radius 2 is 2.06 bits per heavy atom. The first-order valence-corrected chi connectivity index (χ1v) is 6.72. The minimum atomic E-state index is -0.530. The molecule has 0 aromatic heterocycles. The van der Waals surface area contributed by atoms with Gasteiger partial charge in [-0.25, -0.2) is 4.79 Å². The van der Waals surface area contributed by atoms with Crippen molar-refractivity contribution in [2.24, 2.45) is 5.73 Å². The van der Waals surface area contributed by atoms with Crippen LogP contribution in [0, 0.1) is 0 Å². The molecule has 0 aromatic rings. The SMILES string of the molecule is NC(=O)NCCNCC(O)COC1CCCCC1.